The summed E-state index contributed by atoms with van der Waals surface area (Å²) in [7, 11) is 0. The van der Waals surface area contributed by atoms with Gasteiger partial charge in [0.25, 0.3) is 0 Å². The fourth-order valence-corrected chi connectivity index (χ4v) is 3.95. The van der Waals surface area contributed by atoms with Crippen molar-refractivity contribution in [3.8, 4) is 0 Å². The molecule has 0 saturated carbocycles. The number of benzene rings is 1. The first-order valence-electron chi connectivity index (χ1n) is 8.43. The number of rotatable bonds is 4. The fourth-order valence-electron chi connectivity index (χ4n) is 3.95. The molecule has 1 saturated heterocycles. The summed E-state index contributed by atoms with van der Waals surface area (Å²) >= 11 is 0. The first-order valence-corrected chi connectivity index (χ1v) is 8.43. The van der Waals surface area contributed by atoms with Gasteiger partial charge in [-0.15, -0.1) is 0 Å². The normalized spacial score (nSPS) is 26.5. The Bertz CT molecular complexity index is 423. The highest BCUT2D eigenvalue weighted by atomic mass is 15.2. The minimum atomic E-state index is 0.647. The van der Waals surface area contributed by atoms with Crippen molar-refractivity contribution in [2.24, 2.45) is 0 Å². The fraction of sp³-hybridized carbons (Fsp3) is 0.667. The molecule has 0 aromatic heterocycles. The zero-order valence-electron chi connectivity index (χ0n) is 12.8. The Hall–Kier alpha value is -0.860. The van der Waals surface area contributed by atoms with Crippen LogP contribution in [-0.2, 0) is 6.42 Å². The molecule has 0 bridgehead atoms. The molecule has 2 nitrogen and oxygen atoms in total. The maximum absolute atomic E-state index is 3.71. The summed E-state index contributed by atoms with van der Waals surface area (Å²) in [5, 5.41) is 3.71. The number of hydrogen-bond donors (Lipinski definition) is 1. The molecule has 1 aromatic rings. The molecule has 1 N–H and O–H groups in total. The molecule has 1 aliphatic carbocycles. The Balaban J connectivity index is 1.72. The van der Waals surface area contributed by atoms with Crippen LogP contribution < -0.4 is 5.32 Å². The molecule has 110 valence electrons. The van der Waals surface area contributed by atoms with E-state index in [1.54, 1.807) is 11.1 Å². The second-order valence-corrected chi connectivity index (χ2v) is 6.34. The summed E-state index contributed by atoms with van der Waals surface area (Å²) in [4.78, 5) is 2.71. The van der Waals surface area contributed by atoms with Crippen LogP contribution in [0.3, 0.4) is 0 Å². The predicted octanol–water partition coefficient (Wildman–Crippen LogP) is 3.53. The van der Waals surface area contributed by atoms with Crippen LogP contribution in [0.15, 0.2) is 24.3 Å². The smallest absolute Gasteiger partial charge is 0.0351 e. The van der Waals surface area contributed by atoms with Crippen molar-refractivity contribution in [2.75, 3.05) is 19.6 Å². The zero-order valence-corrected chi connectivity index (χ0v) is 12.8. The van der Waals surface area contributed by atoms with Crippen LogP contribution in [0.2, 0.25) is 0 Å². The van der Waals surface area contributed by atoms with E-state index in [9.17, 15) is 0 Å². The van der Waals surface area contributed by atoms with Gasteiger partial charge < -0.3 is 5.32 Å². The van der Waals surface area contributed by atoms with Gasteiger partial charge >= 0.3 is 0 Å². The number of hydrogen-bond acceptors (Lipinski definition) is 2. The maximum Gasteiger partial charge on any atom is 0.0351 e. The van der Waals surface area contributed by atoms with Gasteiger partial charge in [0, 0.05) is 18.6 Å². The first-order chi connectivity index (χ1) is 9.88. The molecule has 2 atom stereocenters. The Morgan fingerprint density at radius 2 is 2.05 bits per heavy atom. The average Bonchev–Trinajstić information content (AvgIpc) is 2.53. The van der Waals surface area contributed by atoms with Crippen molar-refractivity contribution in [1.29, 1.82) is 0 Å². The number of fused-ring (bicyclic) bond motifs is 1. The molecular weight excluding hydrogens is 244 g/mol. The zero-order chi connectivity index (χ0) is 13.8. The third-order valence-electron chi connectivity index (χ3n) is 5.05. The van der Waals surface area contributed by atoms with Crippen molar-refractivity contribution in [2.45, 2.75) is 57.5 Å². The van der Waals surface area contributed by atoms with E-state index >= 15 is 0 Å². The predicted molar refractivity (Wildman–Crippen MR) is 85.0 cm³/mol. The molecule has 2 aliphatic rings. The molecule has 20 heavy (non-hydrogen) atoms. The summed E-state index contributed by atoms with van der Waals surface area (Å²) in [5.74, 6) is 0. The van der Waals surface area contributed by atoms with E-state index in [4.69, 9.17) is 0 Å². The molecule has 2 heteroatoms. The molecule has 1 heterocycles. The molecule has 2 unspecified atom stereocenters. The van der Waals surface area contributed by atoms with Gasteiger partial charge in [-0.25, -0.2) is 0 Å². The number of nitrogens with one attached hydrogen (secondary N) is 1. The quantitative estimate of drug-likeness (QED) is 0.902. The highest BCUT2D eigenvalue weighted by Gasteiger charge is 2.26. The van der Waals surface area contributed by atoms with Crippen LogP contribution in [0.25, 0.3) is 0 Å². The molecule has 1 aliphatic heterocycles. The van der Waals surface area contributed by atoms with Crippen LogP contribution in [0.5, 0.6) is 0 Å². The van der Waals surface area contributed by atoms with Crippen molar-refractivity contribution in [3.05, 3.63) is 35.4 Å². The van der Waals surface area contributed by atoms with Gasteiger partial charge in [-0.1, -0.05) is 37.6 Å². The van der Waals surface area contributed by atoms with Crippen molar-refractivity contribution >= 4 is 0 Å². The van der Waals surface area contributed by atoms with Gasteiger partial charge in [-0.05, 0) is 56.3 Å². The Labute approximate surface area is 123 Å². The van der Waals surface area contributed by atoms with Crippen molar-refractivity contribution in [3.63, 3.8) is 0 Å². The minimum Gasteiger partial charge on any atom is -0.313 e. The van der Waals surface area contributed by atoms with Crippen LogP contribution >= 0.6 is 0 Å². The lowest BCUT2D eigenvalue weighted by atomic mass is 9.86. The second kappa shape index (κ2) is 6.73. The summed E-state index contributed by atoms with van der Waals surface area (Å²) in [6.07, 6.45) is 8.05. The summed E-state index contributed by atoms with van der Waals surface area (Å²) in [6, 6.07) is 10.4. The maximum atomic E-state index is 3.71. The van der Waals surface area contributed by atoms with Crippen molar-refractivity contribution < 1.29 is 0 Å². The first kappa shape index (κ1) is 14.1. The SMILES string of the molecule is CCN(CC1CCCCN1)C1CCCc2ccccc21. The topological polar surface area (TPSA) is 15.3 Å². The van der Waals surface area contributed by atoms with E-state index in [1.165, 1.54) is 51.6 Å². The van der Waals surface area contributed by atoms with E-state index < -0.39 is 0 Å². The lowest BCUT2D eigenvalue weighted by Gasteiger charge is -2.38. The average molecular weight is 272 g/mol. The van der Waals surface area contributed by atoms with Crippen LogP contribution in [0, 0.1) is 0 Å². The third kappa shape index (κ3) is 3.07. The summed E-state index contributed by atoms with van der Waals surface area (Å²) in [5.41, 5.74) is 3.18. The molecule has 1 fully saturated rings. The van der Waals surface area contributed by atoms with Crippen LogP contribution in [0.1, 0.15) is 56.2 Å². The second-order valence-electron chi connectivity index (χ2n) is 6.34. The van der Waals surface area contributed by atoms with E-state index in [2.05, 4.69) is 41.4 Å². The van der Waals surface area contributed by atoms with Gasteiger partial charge in [0.1, 0.15) is 0 Å². The van der Waals surface area contributed by atoms with Gasteiger partial charge in [0.15, 0.2) is 0 Å². The summed E-state index contributed by atoms with van der Waals surface area (Å²) < 4.78 is 0. The largest absolute Gasteiger partial charge is 0.313 e. The number of nitrogens with zero attached hydrogens (tertiary/aromatic N) is 1. The minimum absolute atomic E-state index is 0.647. The van der Waals surface area contributed by atoms with E-state index in [1.807, 2.05) is 0 Å². The Morgan fingerprint density at radius 1 is 1.15 bits per heavy atom. The lowest BCUT2D eigenvalue weighted by Crippen LogP contribution is -2.45. The van der Waals surface area contributed by atoms with E-state index in [0.717, 1.165) is 6.54 Å². The molecule has 0 spiro atoms. The molecule has 3 rings (SSSR count). The monoisotopic (exact) mass is 272 g/mol. The third-order valence-corrected chi connectivity index (χ3v) is 5.05. The van der Waals surface area contributed by atoms with Crippen LogP contribution in [0.4, 0.5) is 0 Å². The molecule has 1 aromatic carbocycles. The van der Waals surface area contributed by atoms with Crippen LogP contribution in [-0.4, -0.2) is 30.6 Å². The standard InChI is InChI=1S/C18H28N2/c1-2-20(14-16-10-5-6-13-19-16)18-12-7-9-15-8-3-4-11-17(15)18/h3-4,8,11,16,18-19H,2,5-7,9-10,12-14H2,1H3. The highest BCUT2D eigenvalue weighted by molar-refractivity contribution is 5.32. The van der Waals surface area contributed by atoms with Gasteiger partial charge in [-0.3, -0.25) is 4.90 Å². The van der Waals surface area contributed by atoms with Gasteiger partial charge in [-0.2, -0.15) is 0 Å². The molecule has 0 radical (unpaired) electrons. The molecular formula is C18H28N2. The van der Waals surface area contributed by atoms with Gasteiger partial charge in [0.05, 0.1) is 0 Å². The number of aryl methyl sites for hydroxylation is 1. The van der Waals surface area contributed by atoms with E-state index in [-0.39, 0.29) is 0 Å². The van der Waals surface area contributed by atoms with Gasteiger partial charge in [0.2, 0.25) is 0 Å². The van der Waals surface area contributed by atoms with E-state index in [0.29, 0.717) is 12.1 Å². The summed E-state index contributed by atoms with van der Waals surface area (Å²) in [6.45, 7) is 5.91. The Kier molecular flexibility index (Phi) is 4.74. The Morgan fingerprint density at radius 3 is 2.85 bits per heavy atom. The molecule has 0 amide bonds. The lowest BCUT2D eigenvalue weighted by molar-refractivity contribution is 0.159. The highest BCUT2D eigenvalue weighted by Crippen LogP contribution is 2.34. The number of piperidine rings is 1. The van der Waals surface area contributed by atoms with Crippen molar-refractivity contribution in [1.82, 2.24) is 10.2 Å². The number of likely N-dealkylation sites (N-methyl/N-ethyl adjacent to an activating group) is 1.